The second-order valence-corrected chi connectivity index (χ2v) is 8.86. The van der Waals surface area contributed by atoms with Gasteiger partial charge in [0.05, 0.1) is 0 Å². The van der Waals surface area contributed by atoms with E-state index in [9.17, 15) is 4.79 Å². The average molecular weight is 413 g/mol. The molecule has 2 nitrogen and oxygen atoms in total. The number of rotatable bonds is 22. The van der Waals surface area contributed by atoms with Crippen LogP contribution in [0.2, 0.25) is 0 Å². The van der Waals surface area contributed by atoms with Crippen molar-refractivity contribution >= 4 is 5.97 Å². The van der Waals surface area contributed by atoms with Gasteiger partial charge >= 0.3 is 5.97 Å². The van der Waals surface area contributed by atoms with Crippen LogP contribution in [-0.2, 0) is 4.79 Å². The van der Waals surface area contributed by atoms with Crippen LogP contribution in [0.5, 0.6) is 0 Å². The quantitative estimate of drug-likeness (QED) is 0.179. The highest BCUT2D eigenvalue weighted by Crippen LogP contribution is 2.12. The molecule has 1 N–H and O–H groups in total. The van der Waals surface area contributed by atoms with Crippen molar-refractivity contribution < 1.29 is 9.90 Å². The maximum absolute atomic E-state index is 10.2. The topological polar surface area (TPSA) is 37.3 Å². The van der Waals surface area contributed by atoms with Crippen LogP contribution in [0.25, 0.3) is 0 Å². The fraction of sp³-hybridized carbons (Fsp3) is 0.963. The van der Waals surface area contributed by atoms with E-state index in [4.69, 9.17) is 5.11 Å². The number of carboxylic acids is 1. The van der Waals surface area contributed by atoms with Crippen molar-refractivity contribution in [3.05, 3.63) is 0 Å². The van der Waals surface area contributed by atoms with Crippen LogP contribution in [-0.4, -0.2) is 11.1 Å². The number of carboxylic acid groups (broad SMARTS) is 1. The summed E-state index contributed by atoms with van der Waals surface area (Å²) in [5.41, 5.74) is 0. The maximum atomic E-state index is 10.2. The lowest BCUT2D eigenvalue weighted by Gasteiger charge is -2.01. The minimum atomic E-state index is -0.659. The molecule has 0 saturated carbocycles. The van der Waals surface area contributed by atoms with Crippen LogP contribution >= 0.6 is 0 Å². The van der Waals surface area contributed by atoms with E-state index in [0.717, 1.165) is 12.8 Å². The van der Waals surface area contributed by atoms with Crippen molar-refractivity contribution in [3.8, 4) is 0 Å². The highest BCUT2D eigenvalue weighted by atomic mass is 16.4. The Kier molecular flexibility index (Phi) is 31.4. The maximum Gasteiger partial charge on any atom is 0.303 e. The predicted molar refractivity (Wildman–Crippen MR) is 131 cm³/mol. The Bertz CT molecular complexity index is 276. The smallest absolute Gasteiger partial charge is 0.303 e. The summed E-state index contributed by atoms with van der Waals surface area (Å²) in [5, 5.41) is 8.41. The Balaban J connectivity index is 0. The van der Waals surface area contributed by atoms with Crippen molar-refractivity contribution in [2.24, 2.45) is 0 Å². The summed E-state index contributed by atoms with van der Waals surface area (Å²) in [6, 6.07) is 0. The lowest BCUT2D eigenvalue weighted by molar-refractivity contribution is -0.137. The molecule has 0 spiro atoms. The Morgan fingerprint density at radius 2 is 0.621 bits per heavy atom. The third kappa shape index (κ3) is 35.3. The van der Waals surface area contributed by atoms with Gasteiger partial charge in [0.2, 0.25) is 0 Å². The second-order valence-electron chi connectivity index (χ2n) is 8.86. The molecule has 0 aliphatic heterocycles. The van der Waals surface area contributed by atoms with E-state index >= 15 is 0 Å². The van der Waals surface area contributed by atoms with Crippen molar-refractivity contribution in [3.63, 3.8) is 0 Å². The van der Waals surface area contributed by atoms with Gasteiger partial charge in [-0.15, -0.1) is 0 Å². The number of unbranched alkanes of at least 4 members (excludes halogenated alkanes) is 20. The first-order valence-corrected chi connectivity index (χ1v) is 13.4. The first kappa shape index (κ1) is 30.7. The number of hydrogen-bond acceptors (Lipinski definition) is 1. The Morgan fingerprint density at radius 3 is 0.828 bits per heavy atom. The van der Waals surface area contributed by atoms with E-state index in [2.05, 4.69) is 20.8 Å². The standard InChI is InChI=1S/C15H32.C12H24O2/c1-3-5-7-9-11-13-15-14-12-10-8-6-4-2;1-2-3-4-5-6-7-8-9-10-11-12(13)14/h3-15H2,1-2H3;2-11H2,1H3,(H,13,14). The van der Waals surface area contributed by atoms with E-state index in [1.165, 1.54) is 128 Å². The van der Waals surface area contributed by atoms with Crippen LogP contribution in [0.15, 0.2) is 0 Å². The summed E-state index contributed by atoms with van der Waals surface area (Å²) in [5.74, 6) is -0.659. The molecule has 0 amide bonds. The lowest BCUT2D eigenvalue weighted by Crippen LogP contribution is -1.93. The van der Waals surface area contributed by atoms with Crippen molar-refractivity contribution in [1.29, 1.82) is 0 Å². The van der Waals surface area contributed by atoms with Gasteiger partial charge in [0, 0.05) is 6.42 Å². The van der Waals surface area contributed by atoms with Gasteiger partial charge in [0.1, 0.15) is 0 Å². The molecule has 29 heavy (non-hydrogen) atoms. The molecule has 0 aromatic heterocycles. The summed E-state index contributed by atoms with van der Waals surface area (Å²) >= 11 is 0. The van der Waals surface area contributed by atoms with E-state index < -0.39 is 5.97 Å². The molecule has 2 heteroatoms. The van der Waals surface area contributed by atoms with Crippen molar-refractivity contribution in [1.82, 2.24) is 0 Å². The molecule has 0 saturated heterocycles. The third-order valence-corrected chi connectivity index (χ3v) is 5.70. The molecule has 0 atom stereocenters. The highest BCUT2D eigenvalue weighted by Gasteiger charge is 1.96. The highest BCUT2D eigenvalue weighted by molar-refractivity contribution is 5.66. The van der Waals surface area contributed by atoms with Gasteiger partial charge in [-0.05, 0) is 6.42 Å². The molecule has 0 fully saturated rings. The SMILES string of the molecule is CCCCCCCCCCCC(=O)O.CCCCCCCCCCCCCCC. The van der Waals surface area contributed by atoms with Crippen molar-refractivity contribution in [2.45, 2.75) is 168 Å². The molecule has 0 unspecified atom stereocenters. The van der Waals surface area contributed by atoms with Gasteiger partial charge in [0.25, 0.3) is 0 Å². The minimum absolute atomic E-state index is 0.343. The Morgan fingerprint density at radius 1 is 0.414 bits per heavy atom. The molecule has 0 heterocycles. The molecule has 176 valence electrons. The van der Waals surface area contributed by atoms with Crippen molar-refractivity contribution in [2.75, 3.05) is 0 Å². The van der Waals surface area contributed by atoms with Crippen LogP contribution < -0.4 is 0 Å². The zero-order valence-electron chi connectivity index (χ0n) is 20.6. The molecule has 0 bridgehead atoms. The normalized spacial score (nSPS) is 10.6. The summed E-state index contributed by atoms with van der Waals surface area (Å²) in [4.78, 5) is 10.2. The van der Waals surface area contributed by atoms with Gasteiger partial charge in [-0.25, -0.2) is 0 Å². The zero-order chi connectivity index (χ0) is 21.8. The summed E-state index contributed by atoms with van der Waals surface area (Å²) < 4.78 is 0. The van der Waals surface area contributed by atoms with E-state index in [1.54, 1.807) is 0 Å². The number of carbonyl (C=O) groups is 1. The average Bonchev–Trinajstić information content (AvgIpc) is 2.71. The first-order valence-electron chi connectivity index (χ1n) is 13.4. The Hall–Kier alpha value is -0.530. The largest absolute Gasteiger partial charge is 0.481 e. The van der Waals surface area contributed by atoms with Gasteiger partial charge in [-0.1, -0.05) is 156 Å². The molecular weight excluding hydrogens is 356 g/mol. The monoisotopic (exact) mass is 412 g/mol. The van der Waals surface area contributed by atoms with Crippen LogP contribution in [0, 0.1) is 0 Å². The summed E-state index contributed by atoms with van der Waals surface area (Å²) in [7, 11) is 0. The Labute approximate surface area is 184 Å². The van der Waals surface area contributed by atoms with Gasteiger partial charge in [-0.3, -0.25) is 4.79 Å². The summed E-state index contributed by atoms with van der Waals surface area (Å²) in [6.07, 6.45) is 30.4. The number of hydrogen-bond donors (Lipinski definition) is 1. The predicted octanol–water partition coefficient (Wildman–Crippen LogP) is 10.1. The van der Waals surface area contributed by atoms with E-state index in [1.807, 2.05) is 0 Å². The van der Waals surface area contributed by atoms with E-state index in [0.29, 0.717) is 6.42 Å². The third-order valence-electron chi connectivity index (χ3n) is 5.70. The van der Waals surface area contributed by atoms with Gasteiger partial charge in [-0.2, -0.15) is 0 Å². The molecule has 0 radical (unpaired) electrons. The van der Waals surface area contributed by atoms with Crippen LogP contribution in [0.3, 0.4) is 0 Å². The summed E-state index contributed by atoms with van der Waals surface area (Å²) in [6.45, 7) is 6.80. The first-order chi connectivity index (χ1) is 14.2. The fourth-order valence-electron chi connectivity index (χ4n) is 3.68. The van der Waals surface area contributed by atoms with Crippen LogP contribution in [0.4, 0.5) is 0 Å². The van der Waals surface area contributed by atoms with Gasteiger partial charge < -0.3 is 5.11 Å². The fourth-order valence-corrected chi connectivity index (χ4v) is 3.68. The van der Waals surface area contributed by atoms with Crippen LogP contribution in [0.1, 0.15) is 168 Å². The molecular formula is C27H56O2. The molecule has 0 aromatic carbocycles. The lowest BCUT2D eigenvalue weighted by atomic mass is 10.1. The molecule has 0 rings (SSSR count). The molecule has 0 aliphatic rings. The zero-order valence-corrected chi connectivity index (χ0v) is 20.6. The second kappa shape index (κ2) is 29.7. The number of aliphatic carboxylic acids is 1. The molecule has 0 aliphatic carbocycles. The van der Waals surface area contributed by atoms with E-state index in [-0.39, 0.29) is 0 Å². The minimum Gasteiger partial charge on any atom is -0.481 e. The van der Waals surface area contributed by atoms with Gasteiger partial charge in [0.15, 0.2) is 0 Å². The molecule has 0 aromatic rings.